The number of thiazole rings is 1. The highest BCUT2D eigenvalue weighted by atomic mass is 32.1. The van der Waals surface area contributed by atoms with Crippen molar-refractivity contribution in [2.24, 2.45) is 5.92 Å². The van der Waals surface area contributed by atoms with Crippen molar-refractivity contribution < 1.29 is 4.79 Å². The zero-order chi connectivity index (χ0) is 15.1. The summed E-state index contributed by atoms with van der Waals surface area (Å²) in [5.74, 6) is 0.733. The van der Waals surface area contributed by atoms with Crippen molar-refractivity contribution in [1.82, 2.24) is 15.2 Å². The number of thiophene rings is 1. The fourth-order valence-electron chi connectivity index (χ4n) is 3.44. The van der Waals surface area contributed by atoms with E-state index in [4.69, 9.17) is 0 Å². The van der Waals surface area contributed by atoms with Crippen molar-refractivity contribution in [2.75, 3.05) is 19.6 Å². The van der Waals surface area contributed by atoms with Crippen LogP contribution >= 0.6 is 22.7 Å². The molecule has 4 nitrogen and oxygen atoms in total. The third kappa shape index (κ3) is 2.71. The van der Waals surface area contributed by atoms with E-state index in [1.54, 1.807) is 11.3 Å². The van der Waals surface area contributed by atoms with Gasteiger partial charge in [-0.3, -0.25) is 4.79 Å². The molecule has 0 aromatic carbocycles. The van der Waals surface area contributed by atoms with Gasteiger partial charge in [-0.05, 0) is 50.9 Å². The Morgan fingerprint density at radius 1 is 1.36 bits per heavy atom. The van der Waals surface area contributed by atoms with Crippen molar-refractivity contribution >= 4 is 28.6 Å². The Morgan fingerprint density at radius 2 is 2.18 bits per heavy atom. The molecule has 3 fully saturated rings. The second-order valence-electron chi connectivity index (χ2n) is 6.13. The van der Waals surface area contributed by atoms with Gasteiger partial charge in [0.25, 0.3) is 5.91 Å². The molecule has 2 aromatic rings. The summed E-state index contributed by atoms with van der Waals surface area (Å²) < 4.78 is 0. The molecule has 5 rings (SSSR count). The number of hydrogen-bond donors (Lipinski definition) is 1. The number of amides is 1. The van der Waals surface area contributed by atoms with E-state index >= 15 is 0 Å². The second kappa shape index (κ2) is 5.76. The Balaban J connectivity index is 1.46. The number of nitrogens with one attached hydrogen (secondary N) is 1. The average molecular weight is 333 g/mol. The summed E-state index contributed by atoms with van der Waals surface area (Å²) >= 11 is 3.18. The van der Waals surface area contributed by atoms with Gasteiger partial charge in [-0.15, -0.1) is 22.7 Å². The lowest BCUT2D eigenvalue weighted by atomic mass is 9.84. The molecule has 0 saturated carbocycles. The van der Waals surface area contributed by atoms with Crippen LogP contribution in [0, 0.1) is 12.8 Å². The number of rotatable bonds is 3. The first-order valence-electron chi connectivity index (χ1n) is 7.74. The molecule has 116 valence electrons. The third-order valence-corrected chi connectivity index (χ3v) is 6.55. The summed E-state index contributed by atoms with van der Waals surface area (Å²) in [5, 5.41) is 6.36. The molecule has 1 N–H and O–H groups in total. The van der Waals surface area contributed by atoms with Gasteiger partial charge in [0.15, 0.2) is 0 Å². The Labute approximate surface area is 138 Å². The van der Waals surface area contributed by atoms with Crippen LogP contribution in [0.3, 0.4) is 0 Å². The molecule has 6 heteroatoms. The highest BCUT2D eigenvalue weighted by Gasteiger charge is 2.35. The van der Waals surface area contributed by atoms with E-state index in [9.17, 15) is 4.79 Å². The highest BCUT2D eigenvalue weighted by molar-refractivity contribution is 7.17. The number of hydrogen-bond acceptors (Lipinski definition) is 5. The first-order chi connectivity index (χ1) is 10.7. The van der Waals surface area contributed by atoms with Gasteiger partial charge in [-0.1, -0.05) is 0 Å². The van der Waals surface area contributed by atoms with Gasteiger partial charge in [0.1, 0.15) is 0 Å². The topological polar surface area (TPSA) is 45.2 Å². The van der Waals surface area contributed by atoms with Gasteiger partial charge < -0.3 is 10.2 Å². The number of nitrogens with zero attached hydrogens (tertiary/aromatic N) is 2. The minimum absolute atomic E-state index is 0.0713. The minimum Gasteiger partial charge on any atom is -0.347 e. The predicted molar refractivity (Wildman–Crippen MR) is 90.6 cm³/mol. The van der Waals surface area contributed by atoms with Crippen molar-refractivity contribution in [3.8, 4) is 10.6 Å². The molecule has 0 radical (unpaired) electrons. The van der Waals surface area contributed by atoms with E-state index in [0.717, 1.165) is 27.0 Å². The monoisotopic (exact) mass is 333 g/mol. The summed E-state index contributed by atoms with van der Waals surface area (Å²) in [6, 6.07) is 4.25. The molecule has 1 atom stereocenters. The maximum atomic E-state index is 12.5. The standard InChI is InChI=1S/C16H19N3OS2/c1-10-17-13(9-21-10)14-2-3-15(22-14)16(20)18-12-8-19-6-4-11(12)5-7-19/h2-3,9,11-12H,4-8H2,1H3,(H,18,20). The van der Waals surface area contributed by atoms with E-state index < -0.39 is 0 Å². The normalized spacial score (nSPS) is 27.0. The molecule has 0 aliphatic carbocycles. The van der Waals surface area contributed by atoms with Crippen LogP contribution in [0.5, 0.6) is 0 Å². The van der Waals surface area contributed by atoms with Crippen molar-refractivity contribution in [3.63, 3.8) is 0 Å². The number of fused-ring (bicyclic) bond motifs is 3. The van der Waals surface area contributed by atoms with Crippen LogP contribution in [0.1, 0.15) is 27.5 Å². The molecule has 1 unspecified atom stereocenters. The van der Waals surface area contributed by atoms with Crippen LogP contribution in [0.25, 0.3) is 10.6 Å². The van der Waals surface area contributed by atoms with Crippen LogP contribution in [0.4, 0.5) is 0 Å². The Bertz CT molecular complexity index is 685. The third-order valence-electron chi connectivity index (χ3n) is 4.67. The lowest BCUT2D eigenvalue weighted by molar-refractivity contribution is 0.0622. The molecule has 2 aromatic heterocycles. The van der Waals surface area contributed by atoms with E-state index in [0.29, 0.717) is 12.0 Å². The van der Waals surface area contributed by atoms with E-state index in [1.807, 2.05) is 19.1 Å². The Hall–Kier alpha value is -1.24. The zero-order valence-electron chi connectivity index (χ0n) is 12.5. The Morgan fingerprint density at radius 3 is 2.82 bits per heavy atom. The van der Waals surface area contributed by atoms with Gasteiger partial charge in [0, 0.05) is 18.0 Å². The number of aryl methyl sites for hydroxylation is 1. The van der Waals surface area contributed by atoms with Gasteiger partial charge in [-0.25, -0.2) is 4.98 Å². The fourth-order valence-corrected chi connectivity index (χ4v) is 5.00. The predicted octanol–water partition coefficient (Wildman–Crippen LogP) is 3.00. The summed E-state index contributed by atoms with van der Waals surface area (Å²) in [6.07, 6.45) is 2.44. The summed E-state index contributed by atoms with van der Waals surface area (Å²) in [6.45, 7) is 5.41. The molecule has 1 amide bonds. The lowest BCUT2D eigenvalue weighted by Crippen LogP contribution is -2.57. The zero-order valence-corrected chi connectivity index (χ0v) is 14.2. The summed E-state index contributed by atoms with van der Waals surface area (Å²) in [7, 11) is 0. The first kappa shape index (κ1) is 14.4. The molecule has 3 saturated heterocycles. The van der Waals surface area contributed by atoms with Crippen LogP contribution < -0.4 is 5.32 Å². The summed E-state index contributed by atoms with van der Waals surface area (Å²) in [5.41, 5.74) is 0.981. The smallest absolute Gasteiger partial charge is 0.261 e. The molecule has 22 heavy (non-hydrogen) atoms. The maximum Gasteiger partial charge on any atom is 0.261 e. The van der Waals surface area contributed by atoms with Crippen molar-refractivity contribution in [1.29, 1.82) is 0 Å². The number of carbonyl (C=O) groups excluding carboxylic acids is 1. The number of piperidine rings is 3. The minimum atomic E-state index is 0.0713. The van der Waals surface area contributed by atoms with Gasteiger partial charge in [0.2, 0.25) is 0 Å². The first-order valence-corrected chi connectivity index (χ1v) is 9.44. The van der Waals surface area contributed by atoms with Gasteiger partial charge in [-0.2, -0.15) is 0 Å². The molecule has 2 bridgehead atoms. The molecular weight excluding hydrogens is 314 g/mol. The van der Waals surface area contributed by atoms with Crippen molar-refractivity contribution in [2.45, 2.75) is 25.8 Å². The van der Waals surface area contributed by atoms with Crippen LogP contribution in [0.2, 0.25) is 0 Å². The second-order valence-corrected chi connectivity index (χ2v) is 8.28. The van der Waals surface area contributed by atoms with E-state index in [1.165, 1.54) is 37.3 Å². The van der Waals surface area contributed by atoms with E-state index in [2.05, 4.69) is 20.6 Å². The lowest BCUT2D eigenvalue weighted by Gasteiger charge is -2.44. The molecule has 5 heterocycles. The maximum absolute atomic E-state index is 12.5. The van der Waals surface area contributed by atoms with Crippen LogP contribution in [-0.2, 0) is 0 Å². The largest absolute Gasteiger partial charge is 0.347 e. The van der Waals surface area contributed by atoms with Crippen molar-refractivity contribution in [3.05, 3.63) is 27.4 Å². The SMILES string of the molecule is Cc1nc(-c2ccc(C(=O)NC3CN4CCC3CC4)s2)cs1. The average Bonchev–Trinajstić information content (AvgIpc) is 3.17. The van der Waals surface area contributed by atoms with E-state index in [-0.39, 0.29) is 5.91 Å². The number of carbonyl (C=O) groups is 1. The fraction of sp³-hybridized carbons (Fsp3) is 0.500. The highest BCUT2D eigenvalue weighted by Crippen LogP contribution is 2.30. The molecular formula is C16H19N3OS2. The molecule has 3 aliphatic heterocycles. The van der Waals surface area contributed by atoms with Crippen LogP contribution in [0.15, 0.2) is 17.5 Å². The number of aromatic nitrogens is 1. The molecule has 3 aliphatic rings. The van der Waals surface area contributed by atoms with Crippen LogP contribution in [-0.4, -0.2) is 41.5 Å². The molecule has 0 spiro atoms. The summed E-state index contributed by atoms with van der Waals surface area (Å²) in [4.78, 5) is 21.3. The van der Waals surface area contributed by atoms with Gasteiger partial charge in [0.05, 0.1) is 20.5 Å². The Kier molecular flexibility index (Phi) is 3.76. The quantitative estimate of drug-likeness (QED) is 0.939. The van der Waals surface area contributed by atoms with Gasteiger partial charge >= 0.3 is 0 Å².